The van der Waals surface area contributed by atoms with Crippen molar-refractivity contribution in [3.8, 4) is 17.6 Å². The zero-order valence-corrected chi connectivity index (χ0v) is 21.8. The van der Waals surface area contributed by atoms with Crippen molar-refractivity contribution in [2.24, 2.45) is 0 Å². The Balaban J connectivity index is 1.83. The Morgan fingerprint density at radius 3 is 2.50 bits per heavy atom. The molecule has 0 aliphatic rings. The minimum Gasteiger partial charge on any atom is -0.493 e. The van der Waals surface area contributed by atoms with E-state index in [1.54, 1.807) is 36.4 Å². The Kier molecular flexibility index (Phi) is 8.62. The third-order valence-electron chi connectivity index (χ3n) is 5.11. The zero-order chi connectivity index (χ0) is 24.8. The first-order valence-corrected chi connectivity index (χ1v) is 11.7. The molecule has 0 atom stereocenters. The molecular formula is C26H21BrCl2N2O3. The average Bonchev–Trinajstić information content (AvgIpc) is 2.80. The summed E-state index contributed by atoms with van der Waals surface area (Å²) in [6.07, 6.45) is 1.49. The van der Waals surface area contributed by atoms with Crippen LogP contribution in [0.25, 0.3) is 6.08 Å². The predicted molar refractivity (Wildman–Crippen MR) is 140 cm³/mol. The highest BCUT2D eigenvalue weighted by Crippen LogP contribution is 2.35. The Morgan fingerprint density at radius 2 is 1.85 bits per heavy atom. The van der Waals surface area contributed by atoms with Crippen LogP contribution in [0, 0.1) is 25.2 Å². The van der Waals surface area contributed by atoms with Crippen molar-refractivity contribution < 1.29 is 14.3 Å². The molecule has 0 aliphatic heterocycles. The van der Waals surface area contributed by atoms with E-state index >= 15 is 0 Å². The van der Waals surface area contributed by atoms with Crippen molar-refractivity contribution in [2.75, 3.05) is 12.4 Å². The SMILES string of the molecule is COc1cc(C=C(C#N)C(=O)Nc2ccc(C)c(C)c2)c(Br)cc1OCc1ccc(Cl)cc1Cl. The van der Waals surface area contributed by atoms with Gasteiger partial charge in [-0.15, -0.1) is 0 Å². The van der Waals surface area contributed by atoms with Crippen molar-refractivity contribution in [3.05, 3.63) is 90.9 Å². The van der Waals surface area contributed by atoms with Crippen LogP contribution in [0.2, 0.25) is 10.0 Å². The molecule has 0 saturated heterocycles. The highest BCUT2D eigenvalue weighted by molar-refractivity contribution is 9.10. The van der Waals surface area contributed by atoms with Gasteiger partial charge in [-0.1, -0.05) is 51.3 Å². The molecule has 3 aromatic rings. The number of nitrogens with zero attached hydrogens (tertiary/aromatic N) is 1. The molecule has 3 aromatic carbocycles. The van der Waals surface area contributed by atoms with Crippen molar-refractivity contribution in [1.29, 1.82) is 5.26 Å². The summed E-state index contributed by atoms with van der Waals surface area (Å²) in [5.74, 6) is 0.399. The van der Waals surface area contributed by atoms with Crippen LogP contribution in [0.4, 0.5) is 5.69 Å². The average molecular weight is 560 g/mol. The molecule has 0 saturated carbocycles. The highest BCUT2D eigenvalue weighted by atomic mass is 79.9. The molecule has 0 radical (unpaired) electrons. The van der Waals surface area contributed by atoms with Crippen molar-refractivity contribution in [1.82, 2.24) is 0 Å². The molecule has 0 aromatic heterocycles. The number of methoxy groups -OCH3 is 1. The largest absolute Gasteiger partial charge is 0.493 e. The Hall–Kier alpha value is -2.98. The second-order valence-electron chi connectivity index (χ2n) is 7.47. The van der Waals surface area contributed by atoms with Crippen molar-refractivity contribution >= 4 is 56.8 Å². The monoisotopic (exact) mass is 558 g/mol. The molecule has 0 fully saturated rings. The molecule has 0 spiro atoms. The van der Waals surface area contributed by atoms with Crippen LogP contribution in [0.15, 0.2) is 58.6 Å². The lowest BCUT2D eigenvalue weighted by molar-refractivity contribution is -0.112. The van der Waals surface area contributed by atoms with Crippen LogP contribution >= 0.6 is 39.1 Å². The van der Waals surface area contributed by atoms with Crippen LogP contribution in [0.3, 0.4) is 0 Å². The van der Waals surface area contributed by atoms with Gasteiger partial charge in [-0.3, -0.25) is 4.79 Å². The first-order chi connectivity index (χ1) is 16.2. The summed E-state index contributed by atoms with van der Waals surface area (Å²) >= 11 is 15.7. The molecule has 174 valence electrons. The first-order valence-electron chi connectivity index (χ1n) is 10.2. The highest BCUT2D eigenvalue weighted by Gasteiger charge is 2.15. The number of carbonyl (C=O) groups excluding carboxylic acids is 1. The third-order valence-corrected chi connectivity index (χ3v) is 6.38. The zero-order valence-electron chi connectivity index (χ0n) is 18.7. The maximum absolute atomic E-state index is 12.7. The van der Waals surface area contributed by atoms with E-state index in [-0.39, 0.29) is 12.2 Å². The summed E-state index contributed by atoms with van der Waals surface area (Å²) in [6, 6.07) is 16.1. The Labute approximate surface area is 217 Å². The molecule has 1 amide bonds. The number of anilines is 1. The van der Waals surface area contributed by atoms with E-state index in [2.05, 4.69) is 21.2 Å². The van der Waals surface area contributed by atoms with Gasteiger partial charge in [-0.05, 0) is 73.0 Å². The molecule has 8 heteroatoms. The molecule has 0 unspecified atom stereocenters. The number of nitrogens with one attached hydrogen (secondary N) is 1. The summed E-state index contributed by atoms with van der Waals surface area (Å²) in [7, 11) is 1.51. The number of nitriles is 1. The van der Waals surface area contributed by atoms with E-state index < -0.39 is 5.91 Å². The van der Waals surface area contributed by atoms with Crippen molar-refractivity contribution in [3.63, 3.8) is 0 Å². The van der Waals surface area contributed by atoms with Crippen LogP contribution in [-0.2, 0) is 11.4 Å². The quantitative estimate of drug-likeness (QED) is 0.240. The van der Waals surface area contributed by atoms with E-state index in [1.807, 2.05) is 32.0 Å². The number of amides is 1. The number of halogens is 3. The van der Waals surface area contributed by atoms with Gasteiger partial charge in [0.25, 0.3) is 5.91 Å². The van der Waals surface area contributed by atoms with Crippen LogP contribution < -0.4 is 14.8 Å². The van der Waals surface area contributed by atoms with Crippen LogP contribution in [0.5, 0.6) is 11.5 Å². The lowest BCUT2D eigenvalue weighted by atomic mass is 10.1. The van der Waals surface area contributed by atoms with Crippen LogP contribution in [-0.4, -0.2) is 13.0 Å². The molecule has 34 heavy (non-hydrogen) atoms. The maximum atomic E-state index is 12.7. The van der Waals surface area contributed by atoms with Crippen molar-refractivity contribution in [2.45, 2.75) is 20.5 Å². The lowest BCUT2D eigenvalue weighted by Crippen LogP contribution is -2.13. The number of rotatable bonds is 7. The second kappa shape index (κ2) is 11.4. The number of ether oxygens (including phenoxy) is 2. The fourth-order valence-corrected chi connectivity index (χ4v) is 3.95. The van der Waals surface area contributed by atoms with Gasteiger partial charge < -0.3 is 14.8 Å². The van der Waals surface area contributed by atoms with Gasteiger partial charge in [0.15, 0.2) is 11.5 Å². The topological polar surface area (TPSA) is 71.3 Å². The predicted octanol–water partition coefficient (Wildman–Crippen LogP) is 7.51. The van der Waals surface area contributed by atoms with Gasteiger partial charge in [0.1, 0.15) is 18.2 Å². The summed E-state index contributed by atoms with van der Waals surface area (Å²) < 4.78 is 12.0. The van der Waals surface area contributed by atoms with Gasteiger partial charge in [0, 0.05) is 25.8 Å². The maximum Gasteiger partial charge on any atom is 0.266 e. The molecule has 5 nitrogen and oxygen atoms in total. The number of benzene rings is 3. The van der Waals surface area contributed by atoms with E-state index in [0.29, 0.717) is 37.3 Å². The fourth-order valence-electron chi connectivity index (χ4n) is 3.05. The van der Waals surface area contributed by atoms with Gasteiger partial charge in [-0.25, -0.2) is 0 Å². The lowest BCUT2D eigenvalue weighted by Gasteiger charge is -2.14. The fraction of sp³-hybridized carbons (Fsp3) is 0.154. The number of hydrogen-bond acceptors (Lipinski definition) is 4. The minimum atomic E-state index is -0.505. The Morgan fingerprint density at radius 1 is 1.09 bits per heavy atom. The van der Waals surface area contributed by atoms with Gasteiger partial charge in [0.05, 0.1) is 7.11 Å². The van der Waals surface area contributed by atoms with Crippen LogP contribution in [0.1, 0.15) is 22.3 Å². The molecule has 3 rings (SSSR count). The normalized spacial score (nSPS) is 11.0. The van der Waals surface area contributed by atoms with Gasteiger partial charge >= 0.3 is 0 Å². The van der Waals surface area contributed by atoms with Gasteiger partial charge in [0.2, 0.25) is 0 Å². The Bertz CT molecular complexity index is 1320. The number of aryl methyl sites for hydroxylation is 2. The molecule has 0 bridgehead atoms. The second-order valence-corrected chi connectivity index (χ2v) is 9.17. The third kappa shape index (κ3) is 6.32. The number of hydrogen-bond donors (Lipinski definition) is 1. The van der Waals surface area contributed by atoms with E-state index in [0.717, 1.165) is 16.7 Å². The number of carbonyl (C=O) groups is 1. The van der Waals surface area contributed by atoms with E-state index in [4.69, 9.17) is 32.7 Å². The summed E-state index contributed by atoms with van der Waals surface area (Å²) in [4.78, 5) is 12.7. The molecule has 0 heterocycles. The van der Waals surface area contributed by atoms with E-state index in [1.165, 1.54) is 13.2 Å². The molecule has 1 N–H and O–H groups in total. The van der Waals surface area contributed by atoms with Gasteiger partial charge in [-0.2, -0.15) is 5.26 Å². The smallest absolute Gasteiger partial charge is 0.266 e. The molecule has 0 aliphatic carbocycles. The minimum absolute atomic E-state index is 0.0532. The summed E-state index contributed by atoms with van der Waals surface area (Å²) in [5, 5.41) is 13.4. The summed E-state index contributed by atoms with van der Waals surface area (Å²) in [6.45, 7) is 4.15. The summed E-state index contributed by atoms with van der Waals surface area (Å²) in [5.41, 5.74) is 4.08. The first kappa shape index (κ1) is 25.6. The standard InChI is InChI=1S/C26H21BrCl2N2O3/c1-15-4-7-21(8-16(15)2)31-26(32)19(13-30)9-18-10-24(33-3)25(12-22(18)27)34-14-17-5-6-20(28)11-23(17)29/h4-12H,14H2,1-3H3,(H,31,32). The molecular weight excluding hydrogens is 539 g/mol. The van der Waals surface area contributed by atoms with E-state index in [9.17, 15) is 10.1 Å².